The van der Waals surface area contributed by atoms with Crippen LogP contribution in [0.2, 0.25) is 0 Å². The van der Waals surface area contributed by atoms with Gasteiger partial charge in [-0.15, -0.1) is 12.4 Å². The molecule has 1 amide bonds. The summed E-state index contributed by atoms with van der Waals surface area (Å²) >= 11 is 0. The highest BCUT2D eigenvalue weighted by Gasteiger charge is 2.17. The molecule has 23 heavy (non-hydrogen) atoms. The van der Waals surface area contributed by atoms with Crippen molar-refractivity contribution >= 4 is 35.2 Å². The van der Waals surface area contributed by atoms with Crippen molar-refractivity contribution in [1.29, 1.82) is 5.41 Å². The number of hydrogen-bond acceptors (Lipinski definition) is 2. The van der Waals surface area contributed by atoms with Crippen LogP contribution in [0.1, 0.15) is 10.5 Å². The third kappa shape index (κ3) is 3.05. The number of nitrogens with two attached hydrogens (primary N) is 1. The molecule has 0 spiro atoms. The summed E-state index contributed by atoms with van der Waals surface area (Å²) in [5.74, 6) is -0.616. The number of carbonyl (C=O) groups is 1. The Bertz CT molecular complexity index is 857. The van der Waals surface area contributed by atoms with Gasteiger partial charge < -0.3 is 10.7 Å². The summed E-state index contributed by atoms with van der Waals surface area (Å²) in [6, 6.07) is 17.7. The molecule has 0 saturated carbocycles. The summed E-state index contributed by atoms with van der Waals surface area (Å²) in [6.07, 6.45) is 0. The first-order chi connectivity index (χ1) is 10.6. The van der Waals surface area contributed by atoms with Crippen molar-refractivity contribution in [3.63, 3.8) is 0 Å². The number of H-pyrrole nitrogens is 1. The molecule has 0 aliphatic heterocycles. The summed E-state index contributed by atoms with van der Waals surface area (Å²) in [5.41, 5.74) is 8.78. The molecule has 1 aromatic heterocycles. The van der Waals surface area contributed by atoms with E-state index in [2.05, 4.69) is 4.98 Å². The number of amides is 1. The van der Waals surface area contributed by atoms with E-state index in [-0.39, 0.29) is 24.3 Å². The third-order valence-corrected chi connectivity index (χ3v) is 3.64. The second-order valence-corrected chi connectivity index (χ2v) is 5.07. The van der Waals surface area contributed by atoms with E-state index in [4.69, 9.17) is 11.1 Å². The number of para-hydroxylation sites is 1. The van der Waals surface area contributed by atoms with Crippen molar-refractivity contribution in [1.82, 2.24) is 9.88 Å². The highest BCUT2D eigenvalue weighted by molar-refractivity contribution is 6.07. The molecule has 0 aliphatic rings. The molecule has 6 heteroatoms. The van der Waals surface area contributed by atoms with Crippen molar-refractivity contribution in [2.45, 2.75) is 0 Å². The summed E-state index contributed by atoms with van der Waals surface area (Å²) in [5, 5.41) is 8.31. The predicted molar refractivity (Wildman–Crippen MR) is 95.0 cm³/mol. The first kappa shape index (κ1) is 16.6. The Morgan fingerprint density at radius 3 is 2.48 bits per heavy atom. The fourth-order valence-corrected chi connectivity index (χ4v) is 2.42. The van der Waals surface area contributed by atoms with Gasteiger partial charge in [0.15, 0.2) is 5.96 Å². The van der Waals surface area contributed by atoms with E-state index in [1.165, 1.54) is 7.05 Å². The van der Waals surface area contributed by atoms with Gasteiger partial charge in [0, 0.05) is 18.0 Å². The molecule has 3 rings (SSSR count). The van der Waals surface area contributed by atoms with Crippen LogP contribution in [-0.4, -0.2) is 28.8 Å². The number of benzene rings is 2. The molecule has 1 heterocycles. The van der Waals surface area contributed by atoms with Gasteiger partial charge in [0.1, 0.15) is 5.69 Å². The maximum atomic E-state index is 12.3. The van der Waals surface area contributed by atoms with Gasteiger partial charge in [0.25, 0.3) is 5.91 Å². The Morgan fingerprint density at radius 2 is 1.83 bits per heavy atom. The molecule has 4 N–H and O–H groups in total. The number of aromatic nitrogens is 1. The maximum absolute atomic E-state index is 12.3. The van der Waals surface area contributed by atoms with Crippen LogP contribution in [0.5, 0.6) is 0 Å². The number of nitrogens with one attached hydrogen (secondary N) is 2. The van der Waals surface area contributed by atoms with Crippen molar-refractivity contribution < 1.29 is 4.79 Å². The molecule has 0 bridgehead atoms. The van der Waals surface area contributed by atoms with E-state index in [1.807, 2.05) is 48.5 Å². The average Bonchev–Trinajstić information content (AvgIpc) is 2.98. The third-order valence-electron chi connectivity index (χ3n) is 3.64. The number of carbonyl (C=O) groups excluding carboxylic acids is 1. The topological polar surface area (TPSA) is 86.0 Å². The lowest BCUT2D eigenvalue weighted by Gasteiger charge is -2.12. The number of nitrogens with zero attached hydrogens (tertiary/aromatic N) is 1. The number of guanidine groups is 1. The Kier molecular flexibility index (Phi) is 4.71. The van der Waals surface area contributed by atoms with Gasteiger partial charge in [-0.25, -0.2) is 0 Å². The van der Waals surface area contributed by atoms with E-state index in [0.717, 1.165) is 26.9 Å². The fourth-order valence-electron chi connectivity index (χ4n) is 2.42. The highest BCUT2D eigenvalue weighted by Crippen LogP contribution is 2.28. The van der Waals surface area contributed by atoms with Crippen molar-refractivity contribution in [3.05, 3.63) is 60.3 Å². The van der Waals surface area contributed by atoms with Crippen LogP contribution in [0.3, 0.4) is 0 Å². The first-order valence-corrected chi connectivity index (χ1v) is 6.87. The van der Waals surface area contributed by atoms with Crippen molar-refractivity contribution in [2.75, 3.05) is 7.05 Å². The lowest BCUT2D eigenvalue weighted by molar-refractivity contribution is 0.0864. The smallest absolute Gasteiger partial charge is 0.276 e. The highest BCUT2D eigenvalue weighted by atomic mass is 35.5. The van der Waals surface area contributed by atoms with Gasteiger partial charge >= 0.3 is 0 Å². The quantitative estimate of drug-likeness (QED) is 0.498. The van der Waals surface area contributed by atoms with E-state index < -0.39 is 0 Å². The number of hydrogen-bond donors (Lipinski definition) is 3. The van der Waals surface area contributed by atoms with Crippen LogP contribution >= 0.6 is 12.4 Å². The Balaban J connectivity index is 0.00000192. The van der Waals surface area contributed by atoms with Gasteiger partial charge in [-0.1, -0.05) is 48.5 Å². The SMILES string of the molecule is CN(C(=N)N)C(=O)c1cc2cccc(-c3ccccc3)c2[nH]1.Cl. The summed E-state index contributed by atoms with van der Waals surface area (Å²) in [4.78, 5) is 16.5. The predicted octanol–water partition coefficient (Wildman–Crippen LogP) is 3.22. The molecule has 5 nitrogen and oxygen atoms in total. The molecule has 0 atom stereocenters. The number of halogens is 1. The van der Waals surface area contributed by atoms with E-state index in [9.17, 15) is 4.79 Å². The molecule has 2 aromatic carbocycles. The van der Waals surface area contributed by atoms with Gasteiger partial charge in [-0.2, -0.15) is 0 Å². The minimum absolute atomic E-state index is 0. The monoisotopic (exact) mass is 328 g/mol. The zero-order valence-corrected chi connectivity index (χ0v) is 13.4. The van der Waals surface area contributed by atoms with Crippen LogP contribution in [-0.2, 0) is 0 Å². The van der Waals surface area contributed by atoms with E-state index in [1.54, 1.807) is 6.07 Å². The van der Waals surface area contributed by atoms with Crippen LogP contribution in [0.25, 0.3) is 22.0 Å². The molecule has 0 saturated heterocycles. The molecular formula is C17H17ClN4O. The minimum atomic E-state index is -0.331. The lowest BCUT2D eigenvalue weighted by Crippen LogP contribution is -2.38. The van der Waals surface area contributed by atoms with E-state index >= 15 is 0 Å². The number of fused-ring (bicyclic) bond motifs is 1. The Morgan fingerprint density at radius 1 is 1.13 bits per heavy atom. The van der Waals surface area contributed by atoms with Crippen LogP contribution in [0.15, 0.2) is 54.6 Å². The summed E-state index contributed by atoms with van der Waals surface area (Å²) in [6.45, 7) is 0. The molecule has 118 valence electrons. The first-order valence-electron chi connectivity index (χ1n) is 6.87. The molecule has 0 unspecified atom stereocenters. The minimum Gasteiger partial charge on any atom is -0.370 e. The molecule has 0 fully saturated rings. The maximum Gasteiger partial charge on any atom is 0.276 e. The van der Waals surface area contributed by atoms with Gasteiger partial charge in [-0.05, 0) is 11.6 Å². The average molecular weight is 329 g/mol. The normalized spacial score (nSPS) is 10.1. The summed E-state index contributed by atoms with van der Waals surface area (Å²) < 4.78 is 0. The van der Waals surface area contributed by atoms with Gasteiger partial charge in [0.2, 0.25) is 0 Å². The summed E-state index contributed by atoms with van der Waals surface area (Å²) in [7, 11) is 1.48. The van der Waals surface area contributed by atoms with Gasteiger partial charge in [0.05, 0.1) is 5.52 Å². The fraction of sp³-hybridized carbons (Fsp3) is 0.0588. The zero-order valence-electron chi connectivity index (χ0n) is 12.5. The second kappa shape index (κ2) is 6.54. The zero-order chi connectivity index (χ0) is 15.7. The van der Waals surface area contributed by atoms with Crippen molar-refractivity contribution in [3.8, 4) is 11.1 Å². The van der Waals surface area contributed by atoms with Crippen LogP contribution in [0.4, 0.5) is 0 Å². The van der Waals surface area contributed by atoms with Crippen LogP contribution < -0.4 is 5.73 Å². The molecule has 3 aromatic rings. The molecular weight excluding hydrogens is 312 g/mol. The molecule has 0 aliphatic carbocycles. The van der Waals surface area contributed by atoms with Crippen molar-refractivity contribution in [2.24, 2.45) is 5.73 Å². The standard InChI is InChI=1S/C17H16N4O.ClH/c1-21(17(18)19)16(22)14-10-12-8-5-9-13(15(12)20-14)11-6-3-2-4-7-11;/h2-10,20H,1H3,(H3,18,19);1H. The number of rotatable bonds is 2. The number of aromatic amines is 1. The van der Waals surface area contributed by atoms with Crippen LogP contribution in [0, 0.1) is 5.41 Å². The Hall–Kier alpha value is -2.79. The van der Waals surface area contributed by atoms with E-state index in [0.29, 0.717) is 5.69 Å². The Labute approximate surface area is 140 Å². The second-order valence-electron chi connectivity index (χ2n) is 5.07. The molecule has 0 radical (unpaired) electrons. The van der Waals surface area contributed by atoms with Gasteiger partial charge in [-0.3, -0.25) is 15.1 Å². The largest absolute Gasteiger partial charge is 0.370 e. The lowest BCUT2D eigenvalue weighted by atomic mass is 10.0.